The van der Waals surface area contributed by atoms with Gasteiger partial charge in [0, 0.05) is 75.8 Å². The standard InChI is InChI=1S/C28H29N7O3/c1-20-31-32-26(38-20)22-9-11-23(12-10-22)27(37)34-18-17-33(28-29-13-5-14-30-28)15-6-16-35(21(2)36)25-8-4-3-7-24(25)19-34/h3-5,7-14H,6,15-19H2,1-2H3. The molecule has 0 saturated carbocycles. The number of aryl methyl sites for hydroxylation is 1. The van der Waals surface area contributed by atoms with Crippen LogP contribution in [0.5, 0.6) is 0 Å². The summed E-state index contributed by atoms with van der Waals surface area (Å²) in [7, 11) is 0. The normalized spacial score (nSPS) is 14.5. The molecule has 10 heteroatoms. The average Bonchev–Trinajstić information content (AvgIpc) is 3.37. The third-order valence-electron chi connectivity index (χ3n) is 6.50. The van der Waals surface area contributed by atoms with Crippen molar-refractivity contribution in [3.63, 3.8) is 0 Å². The Bertz CT molecular complexity index is 1410. The Hall–Kier alpha value is -4.60. The zero-order valence-electron chi connectivity index (χ0n) is 21.4. The Morgan fingerprint density at radius 2 is 1.63 bits per heavy atom. The molecule has 0 radical (unpaired) electrons. The highest BCUT2D eigenvalue weighted by atomic mass is 16.4. The molecule has 3 heterocycles. The summed E-state index contributed by atoms with van der Waals surface area (Å²) in [5.74, 6) is 1.34. The number of para-hydroxylation sites is 1. The largest absolute Gasteiger partial charge is 0.421 e. The van der Waals surface area contributed by atoms with Crippen LogP contribution in [0.2, 0.25) is 0 Å². The molecule has 0 unspecified atom stereocenters. The van der Waals surface area contributed by atoms with Crippen LogP contribution >= 0.6 is 0 Å². The van der Waals surface area contributed by atoms with Gasteiger partial charge >= 0.3 is 0 Å². The number of hydrogen-bond acceptors (Lipinski definition) is 8. The molecule has 0 bridgehead atoms. The number of rotatable bonds is 3. The molecule has 0 saturated heterocycles. The zero-order chi connectivity index (χ0) is 26.5. The third-order valence-corrected chi connectivity index (χ3v) is 6.50. The predicted octanol–water partition coefficient (Wildman–Crippen LogP) is 3.74. The Morgan fingerprint density at radius 3 is 2.34 bits per heavy atom. The molecule has 2 amide bonds. The molecule has 0 aliphatic carbocycles. The van der Waals surface area contributed by atoms with Crippen molar-refractivity contribution in [1.82, 2.24) is 25.1 Å². The molecule has 2 aromatic carbocycles. The average molecular weight is 512 g/mol. The summed E-state index contributed by atoms with van der Waals surface area (Å²) in [6.07, 6.45) is 4.15. The van der Waals surface area contributed by atoms with E-state index in [1.807, 2.05) is 41.3 Å². The van der Waals surface area contributed by atoms with E-state index in [0.29, 0.717) is 56.0 Å². The van der Waals surface area contributed by atoms with Crippen molar-refractivity contribution in [3.05, 3.63) is 84.0 Å². The monoisotopic (exact) mass is 511 g/mol. The Kier molecular flexibility index (Phi) is 7.39. The van der Waals surface area contributed by atoms with E-state index in [4.69, 9.17) is 4.42 Å². The van der Waals surface area contributed by atoms with Crippen LogP contribution in [0.4, 0.5) is 11.6 Å². The van der Waals surface area contributed by atoms with Crippen molar-refractivity contribution in [1.29, 1.82) is 0 Å². The second-order valence-corrected chi connectivity index (χ2v) is 9.12. The molecular formula is C28H29N7O3. The van der Waals surface area contributed by atoms with Gasteiger partial charge in [0.05, 0.1) is 0 Å². The molecule has 2 aromatic heterocycles. The van der Waals surface area contributed by atoms with E-state index in [1.54, 1.807) is 49.3 Å². The first kappa shape index (κ1) is 25.1. The number of aromatic nitrogens is 4. The van der Waals surface area contributed by atoms with Gasteiger partial charge < -0.3 is 19.1 Å². The van der Waals surface area contributed by atoms with Crippen LogP contribution in [0.3, 0.4) is 0 Å². The quantitative estimate of drug-likeness (QED) is 0.409. The van der Waals surface area contributed by atoms with Gasteiger partial charge in [-0.3, -0.25) is 9.59 Å². The van der Waals surface area contributed by atoms with Crippen molar-refractivity contribution < 1.29 is 14.0 Å². The lowest BCUT2D eigenvalue weighted by molar-refractivity contribution is -0.116. The number of amides is 2. The fourth-order valence-corrected chi connectivity index (χ4v) is 4.59. The molecule has 10 nitrogen and oxygen atoms in total. The molecule has 5 rings (SSSR count). The van der Waals surface area contributed by atoms with Gasteiger partial charge in [-0.15, -0.1) is 10.2 Å². The summed E-state index contributed by atoms with van der Waals surface area (Å²) < 4.78 is 5.51. The summed E-state index contributed by atoms with van der Waals surface area (Å²) in [4.78, 5) is 41.0. The van der Waals surface area contributed by atoms with Crippen LogP contribution in [0.15, 0.2) is 71.4 Å². The van der Waals surface area contributed by atoms with Crippen LogP contribution in [0.1, 0.15) is 35.2 Å². The van der Waals surface area contributed by atoms with Gasteiger partial charge in [0.25, 0.3) is 5.91 Å². The van der Waals surface area contributed by atoms with Gasteiger partial charge in [0.1, 0.15) is 0 Å². The van der Waals surface area contributed by atoms with Gasteiger partial charge in [0.2, 0.25) is 23.6 Å². The maximum atomic E-state index is 13.8. The summed E-state index contributed by atoms with van der Waals surface area (Å²) in [5, 5.41) is 7.93. The molecule has 0 atom stereocenters. The first-order chi connectivity index (χ1) is 18.5. The second-order valence-electron chi connectivity index (χ2n) is 9.12. The fraction of sp³-hybridized carbons (Fsp3) is 0.286. The minimum absolute atomic E-state index is 0.0380. The van der Waals surface area contributed by atoms with E-state index in [2.05, 4.69) is 25.1 Å². The number of carbonyl (C=O) groups is 2. The molecule has 0 spiro atoms. The van der Waals surface area contributed by atoms with Gasteiger partial charge in [-0.2, -0.15) is 0 Å². The highest BCUT2D eigenvalue weighted by Crippen LogP contribution is 2.25. The topological polar surface area (TPSA) is 109 Å². The van der Waals surface area contributed by atoms with Crippen molar-refractivity contribution in [3.8, 4) is 11.5 Å². The van der Waals surface area contributed by atoms with Gasteiger partial charge in [-0.1, -0.05) is 18.2 Å². The van der Waals surface area contributed by atoms with Crippen molar-refractivity contribution in [2.45, 2.75) is 26.8 Å². The van der Waals surface area contributed by atoms with E-state index < -0.39 is 0 Å². The summed E-state index contributed by atoms with van der Waals surface area (Å²) in [6.45, 7) is 5.87. The predicted molar refractivity (Wildman–Crippen MR) is 143 cm³/mol. The van der Waals surface area contributed by atoms with Crippen molar-refractivity contribution in [2.75, 3.05) is 36.0 Å². The molecule has 0 N–H and O–H groups in total. The molecule has 4 aromatic rings. The summed E-state index contributed by atoms with van der Waals surface area (Å²) in [5.41, 5.74) is 3.03. The minimum atomic E-state index is -0.115. The van der Waals surface area contributed by atoms with Crippen molar-refractivity contribution >= 4 is 23.5 Å². The Labute approximate surface area is 220 Å². The summed E-state index contributed by atoms with van der Waals surface area (Å²) >= 11 is 0. The van der Waals surface area contributed by atoms with Crippen LogP contribution < -0.4 is 9.80 Å². The molecule has 194 valence electrons. The maximum absolute atomic E-state index is 13.8. The van der Waals surface area contributed by atoms with E-state index in [0.717, 1.165) is 23.2 Å². The lowest BCUT2D eigenvalue weighted by Crippen LogP contribution is -2.39. The third kappa shape index (κ3) is 5.54. The summed E-state index contributed by atoms with van der Waals surface area (Å²) in [6, 6.07) is 16.7. The highest BCUT2D eigenvalue weighted by molar-refractivity contribution is 5.95. The second kappa shape index (κ2) is 11.2. The minimum Gasteiger partial charge on any atom is -0.421 e. The Balaban J connectivity index is 1.47. The van der Waals surface area contributed by atoms with Gasteiger partial charge in [-0.05, 0) is 48.4 Å². The first-order valence-electron chi connectivity index (χ1n) is 12.6. The Morgan fingerprint density at radius 1 is 0.868 bits per heavy atom. The highest BCUT2D eigenvalue weighted by Gasteiger charge is 2.24. The lowest BCUT2D eigenvalue weighted by Gasteiger charge is -2.28. The number of anilines is 2. The van der Waals surface area contributed by atoms with Crippen molar-refractivity contribution in [2.24, 2.45) is 0 Å². The van der Waals surface area contributed by atoms with Crippen LogP contribution in [0, 0.1) is 6.92 Å². The van der Waals surface area contributed by atoms with E-state index in [-0.39, 0.29) is 11.8 Å². The van der Waals surface area contributed by atoms with Crippen LogP contribution in [-0.2, 0) is 11.3 Å². The van der Waals surface area contributed by atoms with E-state index in [1.165, 1.54) is 0 Å². The lowest BCUT2D eigenvalue weighted by atomic mass is 10.1. The molecular weight excluding hydrogens is 482 g/mol. The number of carbonyl (C=O) groups excluding carboxylic acids is 2. The molecule has 38 heavy (non-hydrogen) atoms. The van der Waals surface area contributed by atoms with Gasteiger partial charge in [0.15, 0.2) is 0 Å². The number of hydrogen-bond donors (Lipinski definition) is 0. The van der Waals surface area contributed by atoms with Crippen LogP contribution in [-0.4, -0.2) is 63.1 Å². The van der Waals surface area contributed by atoms with Crippen LogP contribution in [0.25, 0.3) is 11.5 Å². The number of fused-ring (bicyclic) bond motifs is 1. The number of benzene rings is 2. The molecule has 1 aliphatic rings. The molecule has 0 fully saturated rings. The van der Waals surface area contributed by atoms with Gasteiger partial charge in [-0.25, -0.2) is 9.97 Å². The number of nitrogens with zero attached hydrogens (tertiary/aromatic N) is 7. The maximum Gasteiger partial charge on any atom is 0.254 e. The van der Waals surface area contributed by atoms with E-state index in [9.17, 15) is 9.59 Å². The molecule has 1 aliphatic heterocycles. The zero-order valence-corrected chi connectivity index (χ0v) is 21.4. The first-order valence-corrected chi connectivity index (χ1v) is 12.6. The fourth-order valence-electron chi connectivity index (χ4n) is 4.59. The smallest absolute Gasteiger partial charge is 0.254 e. The van der Waals surface area contributed by atoms with E-state index >= 15 is 0 Å². The SMILES string of the molecule is CC(=O)N1CCCN(c2ncccn2)CCN(C(=O)c2ccc(-c3nnc(C)o3)cc2)Cc2ccccc21.